The smallest absolute Gasteiger partial charge is 0.183 e. The average Bonchev–Trinajstić information content (AvgIpc) is 1.96. The van der Waals surface area contributed by atoms with Gasteiger partial charge in [0.15, 0.2) is 3.84 Å². The van der Waals surface area contributed by atoms with E-state index in [-0.39, 0.29) is 3.84 Å². The van der Waals surface area contributed by atoms with Crippen LogP contribution in [0.15, 0.2) is 20.4 Å². The lowest BCUT2D eigenvalue weighted by molar-refractivity contribution is 0.982. The molecule has 0 saturated carbocycles. The molecule has 0 aromatic carbocycles. The predicted octanol–water partition coefficient (Wildman–Crippen LogP) is 1.91. The Morgan fingerprint density at radius 1 is 1.45 bits per heavy atom. The Kier molecular flexibility index (Phi) is 8.12. The minimum Gasteiger partial charge on any atom is -0.285 e. The Balaban J connectivity index is 3.52. The molecule has 0 aromatic rings. The van der Waals surface area contributed by atoms with Gasteiger partial charge in [-0.05, 0) is 4.08 Å². The summed E-state index contributed by atoms with van der Waals surface area (Å²) < 4.78 is 2.03. The highest BCUT2D eigenvalue weighted by Gasteiger charge is 1.74. The Morgan fingerprint density at radius 3 is 2.73 bits per heavy atom. The molecule has 0 radical (unpaired) electrons. The van der Waals surface area contributed by atoms with E-state index in [2.05, 4.69) is 38.1 Å². The van der Waals surface area contributed by atoms with Crippen molar-refractivity contribution in [1.29, 1.82) is 5.41 Å². The van der Waals surface area contributed by atoms with Crippen molar-refractivity contribution in [2.24, 2.45) is 10.1 Å². The predicted molar refractivity (Wildman–Crippen MR) is 65.0 cm³/mol. The van der Waals surface area contributed by atoms with Crippen molar-refractivity contribution in [2.75, 3.05) is 0 Å². The minimum absolute atomic E-state index is 0.235. The van der Waals surface area contributed by atoms with Crippen LogP contribution in [-0.2, 0) is 0 Å². The summed E-state index contributed by atoms with van der Waals surface area (Å²) in [6.07, 6.45) is 4.60. The summed E-state index contributed by atoms with van der Waals surface area (Å²) >= 11 is 3.87. The van der Waals surface area contributed by atoms with Gasteiger partial charge in [0.25, 0.3) is 0 Å². The fourth-order valence-electron chi connectivity index (χ4n) is 0.246. The van der Waals surface area contributed by atoms with Gasteiger partial charge in [0, 0.05) is 35.0 Å². The van der Waals surface area contributed by atoms with Gasteiger partial charge < -0.3 is 0 Å². The van der Waals surface area contributed by atoms with Crippen LogP contribution in [0.3, 0.4) is 0 Å². The van der Waals surface area contributed by atoms with E-state index in [1.165, 1.54) is 12.4 Å². The Labute approximate surface area is 92.0 Å². The Hall–Kier alpha value is 0.01000. The highest BCUT2D eigenvalue weighted by atomic mass is 127. The molecule has 4 nitrogen and oxygen atoms in total. The van der Waals surface area contributed by atoms with Crippen LogP contribution in [0.4, 0.5) is 0 Å². The highest BCUT2D eigenvalue weighted by molar-refractivity contribution is 14.1. The third kappa shape index (κ3) is 10.0. The Bertz CT molecular complexity index is 197. The number of hydrazone groups is 1. The number of nitrogens with one attached hydrogen (secondary N) is 2. The van der Waals surface area contributed by atoms with Gasteiger partial charge in [-0.15, -0.1) is 0 Å². The number of halogens is 2. The van der Waals surface area contributed by atoms with E-state index in [0.29, 0.717) is 0 Å². The number of aliphatic imine (C=N–C) groups is 1. The maximum absolute atomic E-state index is 6.90. The number of rotatable bonds is 3. The third-order valence-corrected chi connectivity index (χ3v) is 1.18. The largest absolute Gasteiger partial charge is 0.285 e. The molecule has 0 aromatic heterocycles. The van der Waals surface area contributed by atoms with Crippen LogP contribution in [0.1, 0.15) is 0 Å². The molecule has 0 saturated heterocycles. The summed E-state index contributed by atoms with van der Waals surface area (Å²) in [4.78, 5) is 3.65. The van der Waals surface area contributed by atoms with E-state index in [1.54, 1.807) is 32.9 Å². The Morgan fingerprint density at radius 2 is 2.18 bits per heavy atom. The van der Waals surface area contributed by atoms with Crippen LogP contribution in [0, 0.1) is 5.41 Å². The van der Waals surface area contributed by atoms with Gasteiger partial charge in [-0.2, -0.15) is 5.10 Å². The molecule has 0 aliphatic rings. The maximum atomic E-state index is 6.90. The van der Waals surface area contributed by atoms with Crippen molar-refractivity contribution in [2.45, 2.75) is 0 Å². The van der Waals surface area contributed by atoms with Crippen LogP contribution in [0.25, 0.3) is 0 Å². The van der Waals surface area contributed by atoms with Gasteiger partial charge in [0.05, 0.1) is 6.21 Å². The molecular formula is C5H6I2N4. The summed E-state index contributed by atoms with van der Waals surface area (Å²) in [5.41, 5.74) is 2.63. The number of nitrogens with zero attached hydrogens (tertiary/aromatic N) is 2. The van der Waals surface area contributed by atoms with Crippen molar-refractivity contribution in [3.63, 3.8) is 0 Å². The zero-order chi connectivity index (χ0) is 8.53. The van der Waals surface area contributed by atoms with Crippen molar-refractivity contribution in [1.82, 2.24) is 5.43 Å². The second-order valence-electron chi connectivity index (χ2n) is 1.27. The zero-order valence-electron chi connectivity index (χ0n) is 5.46. The van der Waals surface area contributed by atoms with E-state index in [0.717, 1.165) is 0 Å². The fourth-order valence-corrected chi connectivity index (χ4v) is 0.568. The first-order chi connectivity index (χ1) is 5.27. The second kappa shape index (κ2) is 8.11. The number of hydrogen-bond donors (Lipinski definition) is 2. The quantitative estimate of drug-likeness (QED) is 0.256. The molecule has 0 fully saturated rings. The molecule has 0 aliphatic carbocycles. The van der Waals surface area contributed by atoms with Crippen molar-refractivity contribution >= 4 is 61.5 Å². The van der Waals surface area contributed by atoms with E-state index in [1.807, 2.05) is 0 Å². The molecule has 60 valence electrons. The monoisotopic (exact) mass is 376 g/mol. The summed E-state index contributed by atoms with van der Waals surface area (Å²) in [6.45, 7) is 0. The van der Waals surface area contributed by atoms with E-state index in [4.69, 9.17) is 5.41 Å². The topological polar surface area (TPSA) is 60.6 Å². The zero-order valence-corrected chi connectivity index (χ0v) is 9.77. The summed E-state index contributed by atoms with van der Waals surface area (Å²) in [6, 6.07) is 0. The molecule has 11 heavy (non-hydrogen) atoms. The first kappa shape index (κ1) is 11.0. The SMILES string of the molecule is N=C(I)/N=C\C=N/N/C=C\I. The lowest BCUT2D eigenvalue weighted by atomic mass is 10.8. The van der Waals surface area contributed by atoms with E-state index in [9.17, 15) is 0 Å². The van der Waals surface area contributed by atoms with Gasteiger partial charge in [0.1, 0.15) is 0 Å². The molecule has 0 spiro atoms. The van der Waals surface area contributed by atoms with Gasteiger partial charge in [-0.25, -0.2) is 4.99 Å². The van der Waals surface area contributed by atoms with E-state index < -0.39 is 0 Å². The van der Waals surface area contributed by atoms with Crippen molar-refractivity contribution < 1.29 is 0 Å². The van der Waals surface area contributed by atoms with Crippen molar-refractivity contribution in [3.8, 4) is 0 Å². The molecule has 0 amide bonds. The molecule has 0 bridgehead atoms. The van der Waals surface area contributed by atoms with Gasteiger partial charge in [-0.3, -0.25) is 10.8 Å². The molecule has 0 aliphatic heterocycles. The molecule has 6 heteroatoms. The van der Waals surface area contributed by atoms with Gasteiger partial charge in [0.2, 0.25) is 0 Å². The summed E-state index contributed by atoms with van der Waals surface area (Å²) in [5.74, 6) is 0. The number of amidine groups is 1. The van der Waals surface area contributed by atoms with E-state index >= 15 is 0 Å². The molecule has 0 rings (SSSR count). The summed E-state index contributed by atoms with van der Waals surface area (Å²) in [5, 5.41) is 10.6. The standard InChI is InChI=1S/C5H6I2N4/c6-1-2-10-11-4-3-9-5(7)8/h1-4,8,10H/b2-1-,8-5?,9-3-,11-4-. The summed E-state index contributed by atoms with van der Waals surface area (Å²) in [7, 11) is 0. The van der Waals surface area contributed by atoms with Crippen LogP contribution in [-0.4, -0.2) is 16.3 Å². The third-order valence-electron chi connectivity index (χ3n) is 0.541. The van der Waals surface area contributed by atoms with Gasteiger partial charge in [-0.1, -0.05) is 22.6 Å². The van der Waals surface area contributed by atoms with Crippen LogP contribution >= 0.6 is 45.2 Å². The molecule has 0 unspecified atom stereocenters. The molecule has 0 heterocycles. The fraction of sp³-hybridized carbons (Fsp3) is 0. The maximum Gasteiger partial charge on any atom is 0.183 e. The molecular weight excluding hydrogens is 370 g/mol. The first-order valence-corrected chi connectivity index (χ1v) is 4.90. The molecule has 2 N–H and O–H groups in total. The number of hydrogen-bond acceptors (Lipinski definition) is 3. The first-order valence-electron chi connectivity index (χ1n) is 2.58. The average molecular weight is 376 g/mol. The van der Waals surface area contributed by atoms with Crippen LogP contribution in [0.2, 0.25) is 0 Å². The van der Waals surface area contributed by atoms with Gasteiger partial charge >= 0.3 is 0 Å². The van der Waals surface area contributed by atoms with Crippen molar-refractivity contribution in [3.05, 3.63) is 10.3 Å². The normalized spacial score (nSPS) is 11.8. The highest BCUT2D eigenvalue weighted by Crippen LogP contribution is 1.84. The van der Waals surface area contributed by atoms with Crippen LogP contribution < -0.4 is 5.43 Å². The molecule has 0 atom stereocenters. The minimum atomic E-state index is 0.235. The second-order valence-corrected chi connectivity index (χ2v) is 3.01. The lowest BCUT2D eigenvalue weighted by Gasteiger charge is -1.83. The van der Waals surface area contributed by atoms with Crippen LogP contribution in [0.5, 0.6) is 0 Å². The lowest BCUT2D eigenvalue weighted by Crippen LogP contribution is -1.93.